The Morgan fingerprint density at radius 1 is 1.35 bits per heavy atom. The number of amides is 1. The van der Waals surface area contributed by atoms with Gasteiger partial charge in [-0.05, 0) is 56.4 Å². The highest BCUT2D eigenvalue weighted by Crippen LogP contribution is 2.38. The molecule has 1 saturated carbocycles. The van der Waals surface area contributed by atoms with Crippen molar-refractivity contribution in [3.63, 3.8) is 0 Å². The number of hydrogen-bond acceptors (Lipinski definition) is 3. The van der Waals surface area contributed by atoms with Gasteiger partial charge >= 0.3 is 0 Å². The monoisotopic (exact) mass is 357 g/mol. The van der Waals surface area contributed by atoms with E-state index in [1.54, 1.807) is 0 Å². The van der Waals surface area contributed by atoms with Crippen LogP contribution in [0.3, 0.4) is 0 Å². The average Bonchev–Trinajstić information content (AvgIpc) is 3.25. The number of likely N-dealkylation sites (tertiary alicyclic amines) is 1. The number of allylic oxidation sites excluding steroid dienone is 2. The van der Waals surface area contributed by atoms with E-state index in [0.29, 0.717) is 5.91 Å². The molecule has 1 saturated heterocycles. The molecule has 2 heterocycles. The molecule has 0 bridgehead atoms. The molecule has 142 valence electrons. The summed E-state index contributed by atoms with van der Waals surface area (Å²) in [5, 5.41) is 4.30. The molecule has 4 rings (SSSR count). The van der Waals surface area contributed by atoms with E-state index in [0.717, 1.165) is 51.2 Å². The number of carbonyl (C=O) groups excluding carboxylic acids is 1. The maximum atomic E-state index is 13.4. The first-order chi connectivity index (χ1) is 12.5. The van der Waals surface area contributed by atoms with Crippen LogP contribution in [0.15, 0.2) is 24.5 Å². The first-order valence-electron chi connectivity index (χ1n) is 10.1. The van der Waals surface area contributed by atoms with Crippen molar-refractivity contribution in [2.45, 2.75) is 64.0 Å². The number of aromatic nitrogens is 2. The lowest BCUT2D eigenvalue weighted by Crippen LogP contribution is -2.48. The van der Waals surface area contributed by atoms with Gasteiger partial charge in [0.15, 0.2) is 0 Å². The maximum Gasteiger partial charge on any atom is 0.229 e. The van der Waals surface area contributed by atoms with Gasteiger partial charge in [-0.2, -0.15) is 5.10 Å². The minimum Gasteiger partial charge on any atom is -0.376 e. The summed E-state index contributed by atoms with van der Waals surface area (Å²) in [5.41, 5.74) is 0.929. The third-order valence-corrected chi connectivity index (χ3v) is 6.31. The van der Waals surface area contributed by atoms with Crippen molar-refractivity contribution in [3.05, 3.63) is 30.1 Å². The lowest BCUT2D eigenvalue weighted by Gasteiger charge is -2.37. The topological polar surface area (TPSA) is 47.4 Å². The van der Waals surface area contributed by atoms with E-state index in [1.807, 2.05) is 17.9 Å². The second kappa shape index (κ2) is 7.18. The van der Waals surface area contributed by atoms with Gasteiger partial charge in [-0.15, -0.1) is 0 Å². The van der Waals surface area contributed by atoms with Crippen LogP contribution in [0.5, 0.6) is 0 Å². The van der Waals surface area contributed by atoms with Crippen molar-refractivity contribution >= 4 is 5.91 Å². The molecule has 1 aliphatic heterocycles. The van der Waals surface area contributed by atoms with Crippen LogP contribution in [-0.2, 0) is 23.0 Å². The molecule has 26 heavy (non-hydrogen) atoms. The largest absolute Gasteiger partial charge is 0.376 e. The highest BCUT2D eigenvalue weighted by molar-refractivity contribution is 5.83. The van der Waals surface area contributed by atoms with E-state index in [1.165, 1.54) is 18.4 Å². The summed E-state index contributed by atoms with van der Waals surface area (Å²) in [4.78, 5) is 15.6. The van der Waals surface area contributed by atoms with Crippen molar-refractivity contribution in [1.82, 2.24) is 14.7 Å². The molecule has 1 aromatic rings. The lowest BCUT2D eigenvalue weighted by atomic mass is 9.77. The molecular weight excluding hydrogens is 326 g/mol. The molecule has 0 aromatic carbocycles. The Balaban J connectivity index is 1.50. The van der Waals surface area contributed by atoms with Gasteiger partial charge in [-0.25, -0.2) is 0 Å². The Hall–Kier alpha value is -1.62. The molecule has 5 nitrogen and oxygen atoms in total. The highest BCUT2D eigenvalue weighted by Gasteiger charge is 2.44. The molecule has 0 radical (unpaired) electrons. The van der Waals surface area contributed by atoms with Crippen LogP contribution in [0.1, 0.15) is 51.0 Å². The predicted molar refractivity (Wildman–Crippen MR) is 101 cm³/mol. The number of nitrogens with zero attached hydrogens (tertiary/aromatic N) is 3. The SMILES string of the molecule is Cn1cc(C[C@H]2[C@H](OCC3CC3)CCN2C(=O)C2(C)CC=CCC2)cn1. The van der Waals surface area contributed by atoms with E-state index in [4.69, 9.17) is 4.74 Å². The van der Waals surface area contributed by atoms with Gasteiger partial charge in [0.1, 0.15) is 0 Å². The molecule has 5 heteroatoms. The Morgan fingerprint density at radius 3 is 2.85 bits per heavy atom. The van der Waals surface area contributed by atoms with E-state index in [-0.39, 0.29) is 17.6 Å². The van der Waals surface area contributed by atoms with Crippen molar-refractivity contribution in [2.24, 2.45) is 18.4 Å². The summed E-state index contributed by atoms with van der Waals surface area (Å²) in [7, 11) is 1.94. The molecule has 0 N–H and O–H groups in total. The maximum absolute atomic E-state index is 13.4. The van der Waals surface area contributed by atoms with Crippen molar-refractivity contribution in [2.75, 3.05) is 13.2 Å². The third kappa shape index (κ3) is 3.73. The minimum absolute atomic E-state index is 0.133. The van der Waals surface area contributed by atoms with Crippen LogP contribution in [0.2, 0.25) is 0 Å². The van der Waals surface area contributed by atoms with Gasteiger partial charge in [0.2, 0.25) is 5.91 Å². The van der Waals surface area contributed by atoms with Crippen LogP contribution >= 0.6 is 0 Å². The van der Waals surface area contributed by atoms with Gasteiger partial charge in [0.25, 0.3) is 0 Å². The molecule has 3 atom stereocenters. The van der Waals surface area contributed by atoms with E-state index < -0.39 is 0 Å². The van der Waals surface area contributed by atoms with E-state index in [2.05, 4.69) is 35.3 Å². The zero-order valence-electron chi connectivity index (χ0n) is 16.1. The Kier molecular flexibility index (Phi) is 4.91. The first-order valence-corrected chi connectivity index (χ1v) is 10.1. The average molecular weight is 357 g/mol. The molecule has 2 aliphatic carbocycles. The number of aryl methyl sites for hydroxylation is 1. The summed E-state index contributed by atoms with van der Waals surface area (Å²) in [5.74, 6) is 1.06. The Morgan fingerprint density at radius 2 is 2.19 bits per heavy atom. The fourth-order valence-corrected chi connectivity index (χ4v) is 4.38. The fraction of sp³-hybridized carbons (Fsp3) is 0.714. The summed E-state index contributed by atoms with van der Waals surface area (Å²) in [6.45, 7) is 3.81. The summed E-state index contributed by atoms with van der Waals surface area (Å²) >= 11 is 0. The van der Waals surface area contributed by atoms with Gasteiger partial charge in [-0.3, -0.25) is 9.48 Å². The summed E-state index contributed by atoms with van der Waals surface area (Å²) in [6.07, 6.45) is 15.7. The Bertz CT molecular complexity index is 679. The van der Waals surface area contributed by atoms with Gasteiger partial charge in [0.05, 0.1) is 23.8 Å². The Labute approximate surface area is 156 Å². The van der Waals surface area contributed by atoms with Crippen LogP contribution in [0, 0.1) is 11.3 Å². The predicted octanol–water partition coefficient (Wildman–Crippen LogP) is 3.11. The molecule has 0 spiro atoms. The normalized spacial score (nSPS) is 31.5. The number of ether oxygens (including phenoxy) is 1. The van der Waals surface area contributed by atoms with Gasteiger partial charge < -0.3 is 9.64 Å². The molecule has 1 amide bonds. The molecular formula is C21H31N3O2. The standard InChI is InChI=1S/C21H31N3O2/c1-21(9-4-3-5-10-21)20(25)24-11-8-19(26-15-16-6-7-16)18(24)12-17-13-22-23(2)14-17/h3-4,13-14,16,18-19H,5-12,15H2,1-2H3/t18-,19+,21?/m0/s1. The molecule has 1 unspecified atom stereocenters. The number of hydrogen-bond donors (Lipinski definition) is 0. The third-order valence-electron chi connectivity index (χ3n) is 6.31. The highest BCUT2D eigenvalue weighted by atomic mass is 16.5. The first kappa shape index (κ1) is 17.8. The number of rotatable bonds is 6. The molecule has 3 aliphatic rings. The summed E-state index contributed by atoms with van der Waals surface area (Å²) < 4.78 is 8.12. The van der Waals surface area contributed by atoms with Crippen LogP contribution in [0.4, 0.5) is 0 Å². The fourth-order valence-electron chi connectivity index (χ4n) is 4.38. The second-order valence-corrected chi connectivity index (χ2v) is 8.67. The zero-order chi connectivity index (χ0) is 18.1. The van der Waals surface area contributed by atoms with E-state index in [9.17, 15) is 4.79 Å². The molecule has 1 aromatic heterocycles. The summed E-state index contributed by atoms with van der Waals surface area (Å²) in [6, 6.07) is 0.133. The van der Waals surface area contributed by atoms with Crippen LogP contribution in [-0.4, -0.2) is 45.9 Å². The zero-order valence-corrected chi connectivity index (χ0v) is 16.1. The lowest BCUT2D eigenvalue weighted by molar-refractivity contribution is -0.144. The van der Waals surface area contributed by atoms with Crippen molar-refractivity contribution < 1.29 is 9.53 Å². The second-order valence-electron chi connectivity index (χ2n) is 8.67. The van der Waals surface area contributed by atoms with Crippen LogP contribution in [0.25, 0.3) is 0 Å². The van der Waals surface area contributed by atoms with Gasteiger partial charge in [-0.1, -0.05) is 19.1 Å². The molecule has 2 fully saturated rings. The smallest absolute Gasteiger partial charge is 0.229 e. The van der Waals surface area contributed by atoms with Gasteiger partial charge in [0, 0.05) is 26.4 Å². The minimum atomic E-state index is -0.257. The van der Waals surface area contributed by atoms with Crippen LogP contribution < -0.4 is 0 Å². The quantitative estimate of drug-likeness (QED) is 0.735. The van der Waals surface area contributed by atoms with E-state index >= 15 is 0 Å². The van der Waals surface area contributed by atoms with Crippen molar-refractivity contribution in [3.8, 4) is 0 Å². The number of carbonyl (C=O) groups is 1. The van der Waals surface area contributed by atoms with Crippen molar-refractivity contribution in [1.29, 1.82) is 0 Å².